The second kappa shape index (κ2) is 8.00. The average molecular weight is 292 g/mol. The first-order valence-corrected chi connectivity index (χ1v) is 8.25. The Kier molecular flexibility index (Phi) is 6.02. The van der Waals surface area contributed by atoms with Gasteiger partial charge in [-0.3, -0.25) is 0 Å². The van der Waals surface area contributed by atoms with Gasteiger partial charge in [-0.15, -0.1) is 0 Å². The number of anilines is 3. The third kappa shape index (κ3) is 4.44. The van der Waals surface area contributed by atoms with Crippen molar-refractivity contribution in [3.05, 3.63) is 0 Å². The Morgan fingerprint density at radius 1 is 1.00 bits per heavy atom. The van der Waals surface area contributed by atoms with Gasteiger partial charge in [-0.2, -0.15) is 15.0 Å². The molecule has 0 saturated heterocycles. The second-order valence-electron chi connectivity index (χ2n) is 5.56. The summed E-state index contributed by atoms with van der Waals surface area (Å²) in [5.41, 5.74) is 0. The van der Waals surface area contributed by atoms with E-state index in [4.69, 9.17) is 0 Å². The lowest BCUT2D eigenvalue weighted by Gasteiger charge is -2.25. The highest BCUT2D eigenvalue weighted by molar-refractivity contribution is 5.43. The fraction of sp³-hybridized carbons (Fsp3) is 0.800. The molecule has 2 rings (SSSR count). The quantitative estimate of drug-likeness (QED) is 0.729. The highest BCUT2D eigenvalue weighted by atomic mass is 15.3. The monoisotopic (exact) mass is 292 g/mol. The molecule has 1 saturated carbocycles. The molecule has 0 bridgehead atoms. The van der Waals surface area contributed by atoms with Crippen molar-refractivity contribution in [2.24, 2.45) is 5.92 Å². The molecule has 0 atom stereocenters. The molecule has 6 nitrogen and oxygen atoms in total. The first kappa shape index (κ1) is 15.8. The summed E-state index contributed by atoms with van der Waals surface area (Å²) in [5.74, 6) is 2.90. The van der Waals surface area contributed by atoms with Crippen molar-refractivity contribution in [1.82, 2.24) is 15.0 Å². The number of hydrogen-bond donors (Lipinski definition) is 2. The van der Waals surface area contributed by atoms with Gasteiger partial charge in [0.1, 0.15) is 0 Å². The minimum Gasteiger partial charge on any atom is -0.354 e. The van der Waals surface area contributed by atoms with Gasteiger partial charge < -0.3 is 15.5 Å². The van der Waals surface area contributed by atoms with Crippen LogP contribution in [0.1, 0.15) is 46.5 Å². The molecule has 1 aliphatic carbocycles. The van der Waals surface area contributed by atoms with Crippen LogP contribution in [0, 0.1) is 5.92 Å². The number of hydrogen-bond acceptors (Lipinski definition) is 6. The maximum Gasteiger partial charge on any atom is 0.231 e. The number of nitrogens with zero attached hydrogens (tertiary/aromatic N) is 4. The Morgan fingerprint density at radius 2 is 1.67 bits per heavy atom. The van der Waals surface area contributed by atoms with Crippen LogP contribution in [0.4, 0.5) is 17.8 Å². The highest BCUT2D eigenvalue weighted by Crippen LogP contribution is 2.26. The van der Waals surface area contributed by atoms with Gasteiger partial charge in [0.25, 0.3) is 0 Å². The summed E-state index contributed by atoms with van der Waals surface area (Å²) in [7, 11) is 0. The Labute approximate surface area is 127 Å². The van der Waals surface area contributed by atoms with Crippen LogP contribution in [0.2, 0.25) is 0 Å². The van der Waals surface area contributed by atoms with Crippen LogP contribution in [0.15, 0.2) is 0 Å². The van der Waals surface area contributed by atoms with Crippen molar-refractivity contribution in [1.29, 1.82) is 0 Å². The SMILES string of the molecule is CCCNc1nc(NCC2CCC2)nc(N(CC)CC)n1. The van der Waals surface area contributed by atoms with Gasteiger partial charge in [-0.05, 0) is 39.0 Å². The van der Waals surface area contributed by atoms with Gasteiger partial charge in [0.2, 0.25) is 17.8 Å². The van der Waals surface area contributed by atoms with Crippen molar-refractivity contribution in [3.8, 4) is 0 Å². The third-order valence-corrected chi connectivity index (χ3v) is 3.98. The van der Waals surface area contributed by atoms with Gasteiger partial charge in [0.05, 0.1) is 0 Å². The summed E-state index contributed by atoms with van der Waals surface area (Å²) >= 11 is 0. The van der Waals surface area contributed by atoms with Gasteiger partial charge >= 0.3 is 0 Å². The standard InChI is InChI=1S/C15H28N6/c1-4-10-16-13-18-14(17-11-12-8-7-9-12)20-15(19-13)21(5-2)6-3/h12H,4-11H2,1-3H3,(H2,16,17,18,19,20). The van der Waals surface area contributed by atoms with E-state index in [0.717, 1.165) is 44.5 Å². The molecule has 118 valence electrons. The Morgan fingerprint density at radius 3 is 2.19 bits per heavy atom. The first-order chi connectivity index (χ1) is 10.3. The predicted molar refractivity (Wildman–Crippen MR) is 88.0 cm³/mol. The summed E-state index contributed by atoms with van der Waals surface area (Å²) in [5, 5.41) is 6.64. The van der Waals surface area contributed by atoms with Crippen LogP contribution in [0.3, 0.4) is 0 Å². The van der Waals surface area contributed by atoms with E-state index in [1.54, 1.807) is 0 Å². The van der Waals surface area contributed by atoms with Gasteiger partial charge in [-0.1, -0.05) is 13.3 Å². The summed E-state index contributed by atoms with van der Waals surface area (Å²) in [4.78, 5) is 15.7. The fourth-order valence-electron chi connectivity index (χ4n) is 2.34. The van der Waals surface area contributed by atoms with Gasteiger partial charge in [0.15, 0.2) is 0 Å². The van der Waals surface area contributed by atoms with Crippen molar-refractivity contribution in [3.63, 3.8) is 0 Å². The molecular weight excluding hydrogens is 264 g/mol. The zero-order valence-electron chi connectivity index (χ0n) is 13.5. The highest BCUT2D eigenvalue weighted by Gasteiger charge is 2.18. The van der Waals surface area contributed by atoms with Crippen LogP contribution in [-0.2, 0) is 0 Å². The average Bonchev–Trinajstić information content (AvgIpc) is 2.45. The summed E-state index contributed by atoms with van der Waals surface area (Å²) in [6, 6.07) is 0. The normalized spacial score (nSPS) is 14.6. The maximum atomic E-state index is 4.57. The summed E-state index contributed by atoms with van der Waals surface area (Å²) in [6.45, 7) is 10.0. The molecule has 21 heavy (non-hydrogen) atoms. The Balaban J connectivity index is 2.10. The van der Waals surface area contributed by atoms with Crippen molar-refractivity contribution in [2.45, 2.75) is 46.5 Å². The van der Waals surface area contributed by atoms with Crippen molar-refractivity contribution in [2.75, 3.05) is 41.7 Å². The topological polar surface area (TPSA) is 66.0 Å². The van der Waals surface area contributed by atoms with E-state index < -0.39 is 0 Å². The molecule has 1 aromatic rings. The van der Waals surface area contributed by atoms with Crippen LogP contribution in [0.5, 0.6) is 0 Å². The predicted octanol–water partition coefficient (Wildman–Crippen LogP) is 2.75. The lowest BCUT2D eigenvalue weighted by atomic mass is 9.85. The molecule has 2 N–H and O–H groups in total. The molecule has 6 heteroatoms. The number of aromatic nitrogens is 3. The van der Waals surface area contributed by atoms with Crippen LogP contribution >= 0.6 is 0 Å². The minimum atomic E-state index is 0.671. The van der Waals surface area contributed by atoms with E-state index in [2.05, 4.69) is 51.3 Å². The van der Waals surface area contributed by atoms with E-state index in [1.807, 2.05) is 0 Å². The van der Waals surface area contributed by atoms with Crippen molar-refractivity contribution >= 4 is 17.8 Å². The van der Waals surface area contributed by atoms with Crippen molar-refractivity contribution < 1.29 is 0 Å². The molecule has 0 unspecified atom stereocenters. The molecule has 0 radical (unpaired) electrons. The smallest absolute Gasteiger partial charge is 0.231 e. The Hall–Kier alpha value is -1.59. The third-order valence-electron chi connectivity index (χ3n) is 3.98. The van der Waals surface area contributed by atoms with Crippen LogP contribution < -0.4 is 15.5 Å². The molecule has 1 fully saturated rings. The zero-order valence-corrected chi connectivity index (χ0v) is 13.5. The van der Waals surface area contributed by atoms with E-state index in [1.165, 1.54) is 19.3 Å². The maximum absolute atomic E-state index is 4.57. The lowest BCUT2D eigenvalue weighted by Crippen LogP contribution is -2.26. The van der Waals surface area contributed by atoms with Gasteiger partial charge in [0, 0.05) is 26.2 Å². The summed E-state index contributed by atoms with van der Waals surface area (Å²) < 4.78 is 0. The molecule has 0 amide bonds. The van der Waals surface area contributed by atoms with Crippen LogP contribution in [-0.4, -0.2) is 41.1 Å². The van der Waals surface area contributed by atoms with E-state index in [0.29, 0.717) is 11.9 Å². The second-order valence-corrected chi connectivity index (χ2v) is 5.56. The fourth-order valence-corrected chi connectivity index (χ4v) is 2.34. The molecule has 1 aliphatic rings. The minimum absolute atomic E-state index is 0.671. The molecular formula is C15H28N6. The Bertz CT molecular complexity index is 428. The van der Waals surface area contributed by atoms with Crippen LogP contribution in [0.25, 0.3) is 0 Å². The van der Waals surface area contributed by atoms with E-state index in [-0.39, 0.29) is 0 Å². The van der Waals surface area contributed by atoms with E-state index in [9.17, 15) is 0 Å². The molecule has 0 aromatic carbocycles. The first-order valence-electron chi connectivity index (χ1n) is 8.25. The number of rotatable bonds is 9. The van der Waals surface area contributed by atoms with E-state index >= 15 is 0 Å². The summed E-state index contributed by atoms with van der Waals surface area (Å²) in [6.07, 6.45) is 5.05. The molecule has 0 spiro atoms. The molecule has 0 aliphatic heterocycles. The largest absolute Gasteiger partial charge is 0.354 e. The number of nitrogens with one attached hydrogen (secondary N) is 2. The lowest BCUT2D eigenvalue weighted by molar-refractivity contribution is 0.333. The zero-order chi connectivity index (χ0) is 15.1. The molecule has 1 aromatic heterocycles. The van der Waals surface area contributed by atoms with Gasteiger partial charge in [-0.25, -0.2) is 0 Å². The molecule has 1 heterocycles.